The molecule has 6 heteroatoms. The molecule has 0 heterocycles. The number of rotatable bonds is 6. The van der Waals surface area contributed by atoms with Crippen molar-refractivity contribution < 1.29 is 23.8 Å². The van der Waals surface area contributed by atoms with Crippen LogP contribution in [0.3, 0.4) is 0 Å². The summed E-state index contributed by atoms with van der Waals surface area (Å²) in [5.41, 5.74) is 0.170. The van der Waals surface area contributed by atoms with E-state index in [9.17, 15) is 14.0 Å². The van der Waals surface area contributed by atoms with E-state index in [0.29, 0.717) is 6.42 Å². The van der Waals surface area contributed by atoms with E-state index >= 15 is 0 Å². The number of carbonyl (C=O) groups is 2. The second-order valence-electron chi connectivity index (χ2n) is 3.60. The third-order valence-electron chi connectivity index (χ3n) is 2.27. The normalized spacial score (nSPS) is 9.89. The fourth-order valence-corrected chi connectivity index (χ4v) is 1.35. The van der Waals surface area contributed by atoms with Gasteiger partial charge in [-0.25, -0.2) is 4.39 Å². The van der Waals surface area contributed by atoms with E-state index < -0.39 is 17.7 Å². The molecule has 0 aliphatic heterocycles. The molecule has 0 aliphatic carbocycles. The van der Waals surface area contributed by atoms with Crippen LogP contribution in [0.2, 0.25) is 0 Å². The van der Waals surface area contributed by atoms with E-state index in [4.69, 9.17) is 9.84 Å². The fraction of sp³-hybridized carbons (Fsp3) is 0.333. The summed E-state index contributed by atoms with van der Waals surface area (Å²) in [5, 5.41) is 10.9. The molecular weight excluding hydrogens is 241 g/mol. The molecule has 0 aromatic heterocycles. The van der Waals surface area contributed by atoms with E-state index in [1.54, 1.807) is 0 Å². The number of hydrogen-bond donors (Lipinski definition) is 2. The standard InChI is InChI=1S/C12H14FNO4/c1-18-10-5-4-8(7-9(10)13)12(17)14-6-2-3-11(15)16/h4-5,7H,2-3,6H2,1H3,(H,14,17)(H,15,16). The molecular formula is C12H14FNO4. The second kappa shape index (κ2) is 6.58. The van der Waals surface area contributed by atoms with Crippen LogP contribution in [0.5, 0.6) is 5.75 Å². The van der Waals surface area contributed by atoms with Crippen LogP contribution in [0, 0.1) is 5.82 Å². The van der Waals surface area contributed by atoms with Crippen LogP contribution in [0.25, 0.3) is 0 Å². The molecule has 0 unspecified atom stereocenters. The molecule has 0 atom stereocenters. The lowest BCUT2D eigenvalue weighted by molar-refractivity contribution is -0.137. The Morgan fingerprint density at radius 2 is 2.17 bits per heavy atom. The van der Waals surface area contributed by atoms with Crippen molar-refractivity contribution in [1.29, 1.82) is 0 Å². The van der Waals surface area contributed by atoms with Crippen LogP contribution in [-0.2, 0) is 4.79 Å². The smallest absolute Gasteiger partial charge is 0.303 e. The van der Waals surface area contributed by atoms with E-state index in [-0.39, 0.29) is 24.3 Å². The Morgan fingerprint density at radius 1 is 1.44 bits per heavy atom. The van der Waals surface area contributed by atoms with Gasteiger partial charge in [0.2, 0.25) is 0 Å². The van der Waals surface area contributed by atoms with Gasteiger partial charge in [0, 0.05) is 18.5 Å². The molecule has 0 bridgehead atoms. The van der Waals surface area contributed by atoms with E-state index in [1.807, 2.05) is 0 Å². The largest absolute Gasteiger partial charge is 0.494 e. The molecule has 0 radical (unpaired) electrons. The Labute approximate surface area is 104 Å². The van der Waals surface area contributed by atoms with Crippen LogP contribution < -0.4 is 10.1 Å². The predicted octanol–water partition coefficient (Wildman–Crippen LogP) is 1.43. The molecule has 1 rings (SSSR count). The van der Waals surface area contributed by atoms with Gasteiger partial charge in [-0.05, 0) is 24.6 Å². The molecule has 1 aromatic rings. The number of nitrogens with one attached hydrogen (secondary N) is 1. The molecule has 0 aliphatic rings. The van der Waals surface area contributed by atoms with Crippen molar-refractivity contribution in [2.24, 2.45) is 0 Å². The summed E-state index contributed by atoms with van der Waals surface area (Å²) >= 11 is 0. The number of carboxylic acid groups (broad SMARTS) is 1. The zero-order valence-corrected chi connectivity index (χ0v) is 9.90. The number of carbonyl (C=O) groups excluding carboxylic acids is 1. The minimum atomic E-state index is -0.917. The van der Waals surface area contributed by atoms with Crippen molar-refractivity contribution in [2.75, 3.05) is 13.7 Å². The van der Waals surface area contributed by atoms with Gasteiger partial charge in [0.05, 0.1) is 7.11 Å². The average Bonchev–Trinajstić information content (AvgIpc) is 2.34. The summed E-state index contributed by atoms with van der Waals surface area (Å²) in [6.07, 6.45) is 0.316. The van der Waals surface area contributed by atoms with Gasteiger partial charge < -0.3 is 15.2 Å². The maximum Gasteiger partial charge on any atom is 0.303 e. The van der Waals surface area contributed by atoms with Crippen molar-refractivity contribution in [3.63, 3.8) is 0 Å². The topological polar surface area (TPSA) is 75.6 Å². The van der Waals surface area contributed by atoms with E-state index in [1.165, 1.54) is 19.2 Å². The second-order valence-corrected chi connectivity index (χ2v) is 3.60. The first-order valence-electron chi connectivity index (χ1n) is 5.38. The van der Waals surface area contributed by atoms with Crippen LogP contribution in [-0.4, -0.2) is 30.6 Å². The highest BCUT2D eigenvalue weighted by Crippen LogP contribution is 2.17. The fourth-order valence-electron chi connectivity index (χ4n) is 1.35. The first-order chi connectivity index (χ1) is 8.54. The zero-order chi connectivity index (χ0) is 13.5. The molecule has 5 nitrogen and oxygen atoms in total. The summed E-state index contributed by atoms with van der Waals surface area (Å²) in [4.78, 5) is 21.8. The highest BCUT2D eigenvalue weighted by molar-refractivity contribution is 5.94. The summed E-state index contributed by atoms with van der Waals surface area (Å²) in [6, 6.07) is 3.88. The maximum absolute atomic E-state index is 13.3. The van der Waals surface area contributed by atoms with Crippen molar-refractivity contribution >= 4 is 11.9 Å². The average molecular weight is 255 g/mol. The van der Waals surface area contributed by atoms with Crippen LogP contribution >= 0.6 is 0 Å². The lowest BCUT2D eigenvalue weighted by Crippen LogP contribution is -2.25. The number of methoxy groups -OCH3 is 1. The van der Waals surface area contributed by atoms with E-state index in [0.717, 1.165) is 6.07 Å². The quantitative estimate of drug-likeness (QED) is 0.754. The number of hydrogen-bond acceptors (Lipinski definition) is 3. The van der Waals surface area contributed by atoms with Crippen LogP contribution in [0.4, 0.5) is 4.39 Å². The molecule has 0 saturated carbocycles. The Morgan fingerprint density at radius 3 is 2.72 bits per heavy atom. The Kier molecular flexibility index (Phi) is 5.10. The summed E-state index contributed by atoms with van der Waals surface area (Å²) in [5.74, 6) is -1.91. The number of aliphatic carboxylic acids is 1. The molecule has 0 saturated heterocycles. The predicted molar refractivity (Wildman–Crippen MR) is 62.2 cm³/mol. The number of halogens is 1. The molecule has 1 amide bonds. The van der Waals surface area contributed by atoms with E-state index in [2.05, 4.69) is 5.32 Å². The Hall–Kier alpha value is -2.11. The van der Waals surface area contributed by atoms with Gasteiger partial charge in [0.15, 0.2) is 11.6 Å². The summed E-state index contributed by atoms with van der Waals surface area (Å²) in [6.45, 7) is 0.235. The van der Waals surface area contributed by atoms with Crippen molar-refractivity contribution in [3.8, 4) is 5.75 Å². The zero-order valence-electron chi connectivity index (χ0n) is 9.90. The SMILES string of the molecule is COc1ccc(C(=O)NCCCC(=O)O)cc1F. The lowest BCUT2D eigenvalue weighted by atomic mass is 10.2. The molecule has 2 N–H and O–H groups in total. The monoisotopic (exact) mass is 255 g/mol. The summed E-state index contributed by atoms with van der Waals surface area (Å²) < 4.78 is 18.1. The first kappa shape index (κ1) is 14.0. The maximum atomic E-state index is 13.3. The molecule has 1 aromatic carbocycles. The molecule has 0 fully saturated rings. The number of carboxylic acids is 1. The van der Waals surface area contributed by atoms with Gasteiger partial charge >= 0.3 is 5.97 Å². The lowest BCUT2D eigenvalue weighted by Gasteiger charge is -2.06. The van der Waals surface area contributed by atoms with Gasteiger partial charge in [0.1, 0.15) is 0 Å². The minimum absolute atomic E-state index is 0.0166. The molecule has 98 valence electrons. The third kappa shape index (κ3) is 4.04. The van der Waals surface area contributed by atoms with Gasteiger partial charge in [-0.2, -0.15) is 0 Å². The third-order valence-corrected chi connectivity index (χ3v) is 2.27. The first-order valence-corrected chi connectivity index (χ1v) is 5.38. The van der Waals surface area contributed by atoms with Crippen molar-refractivity contribution in [1.82, 2.24) is 5.32 Å². The summed E-state index contributed by atoms with van der Waals surface area (Å²) in [7, 11) is 1.34. The van der Waals surface area contributed by atoms with Crippen LogP contribution in [0.1, 0.15) is 23.2 Å². The van der Waals surface area contributed by atoms with Crippen molar-refractivity contribution in [2.45, 2.75) is 12.8 Å². The minimum Gasteiger partial charge on any atom is -0.494 e. The van der Waals surface area contributed by atoms with Gasteiger partial charge in [-0.1, -0.05) is 0 Å². The molecule has 0 spiro atoms. The highest BCUT2D eigenvalue weighted by Gasteiger charge is 2.09. The number of ether oxygens (including phenoxy) is 1. The van der Waals surface area contributed by atoms with Gasteiger partial charge in [0.25, 0.3) is 5.91 Å². The van der Waals surface area contributed by atoms with Gasteiger partial charge in [-0.15, -0.1) is 0 Å². The Bertz CT molecular complexity index is 448. The molecule has 18 heavy (non-hydrogen) atoms. The Balaban J connectivity index is 2.51. The van der Waals surface area contributed by atoms with Crippen LogP contribution in [0.15, 0.2) is 18.2 Å². The van der Waals surface area contributed by atoms with Crippen molar-refractivity contribution in [3.05, 3.63) is 29.6 Å². The number of amides is 1. The highest BCUT2D eigenvalue weighted by atomic mass is 19.1. The number of benzene rings is 1. The van der Waals surface area contributed by atoms with Gasteiger partial charge in [-0.3, -0.25) is 9.59 Å².